The van der Waals surface area contributed by atoms with E-state index in [2.05, 4.69) is 17.0 Å². The maximum Gasteiger partial charge on any atom is 0.279 e. The molecule has 2 atom stereocenters. The standard InChI is InChI=1S/C10H23N3O3S/c1-9-8-10(4-5-11-9)12-17(14,15)13(2)6-7-16-3/h9-12H,4-8H2,1-3H3. The van der Waals surface area contributed by atoms with Crippen LogP contribution in [0.2, 0.25) is 0 Å². The number of rotatable bonds is 6. The summed E-state index contributed by atoms with van der Waals surface area (Å²) in [5.74, 6) is 0. The van der Waals surface area contributed by atoms with Crippen molar-refractivity contribution in [1.82, 2.24) is 14.3 Å². The van der Waals surface area contributed by atoms with Crippen molar-refractivity contribution in [3.8, 4) is 0 Å². The highest BCUT2D eigenvalue weighted by molar-refractivity contribution is 7.87. The van der Waals surface area contributed by atoms with Crippen molar-refractivity contribution in [3.63, 3.8) is 0 Å². The summed E-state index contributed by atoms with van der Waals surface area (Å²) < 4.78 is 32.8. The first kappa shape index (κ1) is 14.8. The Kier molecular flexibility index (Phi) is 5.81. The van der Waals surface area contributed by atoms with Gasteiger partial charge in [-0.2, -0.15) is 17.4 Å². The minimum absolute atomic E-state index is 0.0289. The number of piperidine rings is 1. The molecule has 1 rings (SSSR count). The first-order chi connectivity index (χ1) is 7.95. The van der Waals surface area contributed by atoms with E-state index in [1.54, 1.807) is 14.2 Å². The fraction of sp³-hybridized carbons (Fsp3) is 1.00. The molecular formula is C10H23N3O3S. The van der Waals surface area contributed by atoms with Crippen molar-refractivity contribution >= 4 is 10.2 Å². The summed E-state index contributed by atoms with van der Waals surface area (Å²) in [6.45, 7) is 3.69. The highest BCUT2D eigenvalue weighted by Crippen LogP contribution is 2.10. The summed E-state index contributed by atoms with van der Waals surface area (Å²) in [5.41, 5.74) is 0. The number of nitrogens with zero attached hydrogens (tertiary/aromatic N) is 1. The van der Waals surface area contributed by atoms with Gasteiger partial charge >= 0.3 is 0 Å². The first-order valence-corrected chi connectivity index (χ1v) is 7.35. The number of nitrogens with one attached hydrogen (secondary N) is 2. The second kappa shape index (κ2) is 6.65. The molecule has 0 radical (unpaired) electrons. The van der Waals surface area contributed by atoms with Gasteiger partial charge in [0.05, 0.1) is 6.61 Å². The van der Waals surface area contributed by atoms with Crippen LogP contribution >= 0.6 is 0 Å². The van der Waals surface area contributed by atoms with E-state index in [-0.39, 0.29) is 6.04 Å². The molecule has 0 bridgehead atoms. The molecule has 0 amide bonds. The van der Waals surface area contributed by atoms with Gasteiger partial charge in [0, 0.05) is 32.8 Å². The lowest BCUT2D eigenvalue weighted by atomic mass is 10.0. The molecule has 7 heteroatoms. The third-order valence-electron chi connectivity index (χ3n) is 2.96. The monoisotopic (exact) mass is 265 g/mol. The maximum atomic E-state index is 12.0. The second-order valence-corrected chi connectivity index (χ2v) is 6.32. The average molecular weight is 265 g/mol. The Morgan fingerprint density at radius 1 is 1.53 bits per heavy atom. The third kappa shape index (κ3) is 4.89. The summed E-state index contributed by atoms with van der Waals surface area (Å²) in [5, 5.41) is 3.29. The highest BCUT2D eigenvalue weighted by atomic mass is 32.2. The van der Waals surface area contributed by atoms with Crippen LogP contribution in [0.25, 0.3) is 0 Å². The molecule has 0 aliphatic carbocycles. The van der Waals surface area contributed by atoms with E-state index in [1.807, 2.05) is 0 Å². The lowest BCUT2D eigenvalue weighted by Gasteiger charge is -2.30. The SMILES string of the molecule is COCCN(C)S(=O)(=O)NC1CCNC(C)C1. The molecule has 1 fully saturated rings. The molecule has 102 valence electrons. The summed E-state index contributed by atoms with van der Waals surface area (Å²) >= 11 is 0. The number of hydrogen-bond donors (Lipinski definition) is 2. The molecule has 0 spiro atoms. The van der Waals surface area contributed by atoms with Crippen LogP contribution in [0.5, 0.6) is 0 Å². The van der Waals surface area contributed by atoms with E-state index in [4.69, 9.17) is 4.74 Å². The summed E-state index contributed by atoms with van der Waals surface area (Å²) in [6.07, 6.45) is 1.67. The average Bonchev–Trinajstić information content (AvgIpc) is 2.25. The van der Waals surface area contributed by atoms with Crippen LogP contribution < -0.4 is 10.0 Å². The predicted molar refractivity (Wildman–Crippen MR) is 67.0 cm³/mol. The minimum Gasteiger partial charge on any atom is -0.383 e. The van der Waals surface area contributed by atoms with Gasteiger partial charge in [-0.05, 0) is 26.3 Å². The lowest BCUT2D eigenvalue weighted by molar-refractivity contribution is 0.184. The number of ether oxygens (including phenoxy) is 1. The zero-order valence-electron chi connectivity index (χ0n) is 10.8. The van der Waals surface area contributed by atoms with Crippen LogP contribution in [0, 0.1) is 0 Å². The predicted octanol–water partition coefficient (Wildman–Crippen LogP) is -0.460. The maximum absolute atomic E-state index is 12.0. The molecule has 1 aliphatic heterocycles. The van der Waals surface area contributed by atoms with Crippen LogP contribution in [0.1, 0.15) is 19.8 Å². The van der Waals surface area contributed by atoms with Crippen LogP contribution in [0.15, 0.2) is 0 Å². The van der Waals surface area contributed by atoms with E-state index in [1.165, 1.54) is 4.31 Å². The van der Waals surface area contributed by atoms with Crippen molar-refractivity contribution in [2.24, 2.45) is 0 Å². The molecule has 0 aromatic heterocycles. The molecular weight excluding hydrogens is 242 g/mol. The zero-order valence-corrected chi connectivity index (χ0v) is 11.6. The van der Waals surface area contributed by atoms with Crippen molar-refractivity contribution in [2.75, 3.05) is 33.9 Å². The first-order valence-electron chi connectivity index (χ1n) is 5.91. The quantitative estimate of drug-likeness (QED) is 0.682. The Morgan fingerprint density at radius 3 is 2.82 bits per heavy atom. The Bertz CT molecular complexity index is 321. The van der Waals surface area contributed by atoms with E-state index < -0.39 is 10.2 Å². The van der Waals surface area contributed by atoms with Gasteiger partial charge in [-0.25, -0.2) is 0 Å². The van der Waals surface area contributed by atoms with Crippen molar-refractivity contribution in [3.05, 3.63) is 0 Å². The van der Waals surface area contributed by atoms with Crippen molar-refractivity contribution in [2.45, 2.75) is 31.8 Å². The molecule has 2 unspecified atom stereocenters. The van der Waals surface area contributed by atoms with Crippen LogP contribution in [-0.4, -0.2) is 58.7 Å². The van der Waals surface area contributed by atoms with Gasteiger partial charge in [0.15, 0.2) is 0 Å². The molecule has 2 N–H and O–H groups in total. The van der Waals surface area contributed by atoms with Gasteiger partial charge in [0.25, 0.3) is 10.2 Å². The van der Waals surface area contributed by atoms with Crippen molar-refractivity contribution in [1.29, 1.82) is 0 Å². The van der Waals surface area contributed by atoms with Crippen LogP contribution in [0.3, 0.4) is 0 Å². The fourth-order valence-electron chi connectivity index (χ4n) is 1.88. The van der Waals surface area contributed by atoms with E-state index in [9.17, 15) is 8.42 Å². The van der Waals surface area contributed by atoms with Gasteiger partial charge in [0.2, 0.25) is 0 Å². The molecule has 0 aromatic rings. The second-order valence-electron chi connectivity index (χ2n) is 4.51. The molecule has 1 saturated heterocycles. The number of hydrogen-bond acceptors (Lipinski definition) is 4. The van der Waals surface area contributed by atoms with Gasteiger partial charge in [-0.15, -0.1) is 0 Å². The Balaban J connectivity index is 2.47. The summed E-state index contributed by atoms with van der Waals surface area (Å²) in [4.78, 5) is 0. The molecule has 0 aromatic carbocycles. The Morgan fingerprint density at radius 2 is 2.24 bits per heavy atom. The smallest absolute Gasteiger partial charge is 0.279 e. The molecule has 1 heterocycles. The van der Waals surface area contributed by atoms with Crippen LogP contribution in [-0.2, 0) is 14.9 Å². The molecule has 1 aliphatic rings. The lowest BCUT2D eigenvalue weighted by Crippen LogP contribution is -2.50. The molecule has 0 saturated carbocycles. The van der Waals surface area contributed by atoms with Gasteiger partial charge in [0.1, 0.15) is 0 Å². The normalized spacial score (nSPS) is 26.4. The van der Waals surface area contributed by atoms with E-state index >= 15 is 0 Å². The minimum atomic E-state index is -3.38. The van der Waals surface area contributed by atoms with Crippen molar-refractivity contribution < 1.29 is 13.2 Å². The fourth-order valence-corrected chi connectivity index (χ4v) is 3.01. The van der Waals surface area contributed by atoms with Gasteiger partial charge < -0.3 is 10.1 Å². The summed E-state index contributed by atoms with van der Waals surface area (Å²) in [6, 6.07) is 0.391. The van der Waals surface area contributed by atoms with E-state index in [0.717, 1.165) is 19.4 Å². The van der Waals surface area contributed by atoms with Gasteiger partial charge in [-0.3, -0.25) is 0 Å². The number of likely N-dealkylation sites (N-methyl/N-ethyl adjacent to an activating group) is 1. The molecule has 6 nitrogen and oxygen atoms in total. The third-order valence-corrected chi connectivity index (χ3v) is 4.59. The highest BCUT2D eigenvalue weighted by Gasteiger charge is 2.25. The zero-order chi connectivity index (χ0) is 12.9. The van der Waals surface area contributed by atoms with Gasteiger partial charge in [-0.1, -0.05) is 0 Å². The Labute approximate surface area is 104 Å². The Hall–Kier alpha value is -0.210. The summed E-state index contributed by atoms with van der Waals surface area (Å²) in [7, 11) is -0.261. The largest absolute Gasteiger partial charge is 0.383 e. The van der Waals surface area contributed by atoms with E-state index in [0.29, 0.717) is 19.2 Å². The molecule has 17 heavy (non-hydrogen) atoms. The number of methoxy groups -OCH3 is 1. The topological polar surface area (TPSA) is 70.7 Å². The van der Waals surface area contributed by atoms with Crippen LogP contribution in [0.4, 0.5) is 0 Å².